The zero-order valence-corrected chi connectivity index (χ0v) is 19.4. The molecule has 2 amide bonds. The number of carbonyl (C=O) groups is 2. The standard InChI is InChI=1S/C23H29N3O5S/c1-17(2)31-21-11-9-19(10-12-21)26(32(3,29)30)16-22(27)24-15-18-6-4-7-20(14-18)25-13-5-8-23(25)28/h4,6-7,9-12,14,17H,5,8,13,15-16H2,1-3H3,(H,24,27). The van der Waals surface area contributed by atoms with Crippen LogP contribution >= 0.6 is 0 Å². The van der Waals surface area contributed by atoms with Crippen LogP contribution in [0.1, 0.15) is 32.3 Å². The van der Waals surface area contributed by atoms with E-state index in [1.54, 1.807) is 29.2 Å². The lowest BCUT2D eigenvalue weighted by molar-refractivity contribution is -0.120. The van der Waals surface area contributed by atoms with E-state index in [1.165, 1.54) is 0 Å². The maximum Gasteiger partial charge on any atom is 0.241 e. The highest BCUT2D eigenvalue weighted by Gasteiger charge is 2.23. The molecule has 8 nitrogen and oxygen atoms in total. The van der Waals surface area contributed by atoms with E-state index in [0.29, 0.717) is 24.4 Å². The molecule has 172 valence electrons. The van der Waals surface area contributed by atoms with Crippen molar-refractivity contribution in [3.63, 3.8) is 0 Å². The van der Waals surface area contributed by atoms with E-state index in [-0.39, 0.29) is 25.1 Å². The Morgan fingerprint density at radius 1 is 1.19 bits per heavy atom. The van der Waals surface area contributed by atoms with Crippen molar-refractivity contribution >= 4 is 33.2 Å². The van der Waals surface area contributed by atoms with Gasteiger partial charge in [-0.2, -0.15) is 0 Å². The number of benzene rings is 2. The van der Waals surface area contributed by atoms with Crippen molar-refractivity contribution in [2.24, 2.45) is 0 Å². The fourth-order valence-electron chi connectivity index (χ4n) is 3.51. The number of carbonyl (C=O) groups excluding carboxylic acids is 2. The summed E-state index contributed by atoms with van der Waals surface area (Å²) >= 11 is 0. The van der Waals surface area contributed by atoms with E-state index in [4.69, 9.17) is 4.74 Å². The van der Waals surface area contributed by atoms with Crippen LogP contribution in [0.3, 0.4) is 0 Å². The summed E-state index contributed by atoms with van der Waals surface area (Å²) < 4.78 is 31.2. The second kappa shape index (κ2) is 10.0. The van der Waals surface area contributed by atoms with Gasteiger partial charge in [0.2, 0.25) is 21.8 Å². The van der Waals surface area contributed by atoms with Gasteiger partial charge in [-0.05, 0) is 62.2 Å². The number of hydrogen-bond donors (Lipinski definition) is 1. The van der Waals surface area contributed by atoms with Crippen LogP contribution in [0.2, 0.25) is 0 Å². The van der Waals surface area contributed by atoms with Gasteiger partial charge in [0.1, 0.15) is 12.3 Å². The maximum atomic E-state index is 12.5. The molecule has 0 saturated carbocycles. The van der Waals surface area contributed by atoms with Crippen LogP contribution in [0, 0.1) is 0 Å². The molecule has 1 aliphatic heterocycles. The monoisotopic (exact) mass is 459 g/mol. The third kappa shape index (κ3) is 6.23. The lowest BCUT2D eigenvalue weighted by atomic mass is 10.2. The Morgan fingerprint density at radius 2 is 1.91 bits per heavy atom. The van der Waals surface area contributed by atoms with Crippen molar-refractivity contribution in [2.75, 3.05) is 28.6 Å². The van der Waals surface area contributed by atoms with E-state index in [2.05, 4.69) is 5.32 Å². The predicted molar refractivity (Wildman–Crippen MR) is 124 cm³/mol. The number of anilines is 2. The van der Waals surface area contributed by atoms with Crippen molar-refractivity contribution < 1.29 is 22.7 Å². The summed E-state index contributed by atoms with van der Waals surface area (Å²) in [5, 5.41) is 2.76. The maximum absolute atomic E-state index is 12.5. The molecule has 0 unspecified atom stereocenters. The van der Waals surface area contributed by atoms with Crippen LogP contribution in [0.15, 0.2) is 48.5 Å². The average molecular weight is 460 g/mol. The second-order valence-corrected chi connectivity index (χ2v) is 9.93. The summed E-state index contributed by atoms with van der Waals surface area (Å²) in [7, 11) is -3.67. The molecular weight excluding hydrogens is 430 g/mol. The Kier molecular flexibility index (Phi) is 7.40. The van der Waals surface area contributed by atoms with Gasteiger partial charge in [-0.25, -0.2) is 8.42 Å². The van der Waals surface area contributed by atoms with E-state index in [0.717, 1.165) is 28.2 Å². The zero-order chi connectivity index (χ0) is 23.3. The average Bonchev–Trinajstić information content (AvgIpc) is 3.16. The highest BCUT2D eigenvalue weighted by atomic mass is 32.2. The SMILES string of the molecule is CC(C)Oc1ccc(N(CC(=O)NCc2cccc(N3CCCC3=O)c2)S(C)(=O)=O)cc1. The first kappa shape index (κ1) is 23.6. The molecule has 1 saturated heterocycles. The van der Waals surface area contributed by atoms with Crippen molar-refractivity contribution in [2.45, 2.75) is 39.3 Å². The number of sulfonamides is 1. The first-order chi connectivity index (χ1) is 15.1. The first-order valence-electron chi connectivity index (χ1n) is 10.5. The first-order valence-corrected chi connectivity index (χ1v) is 12.4. The number of ether oxygens (including phenoxy) is 1. The molecule has 1 heterocycles. The van der Waals surface area contributed by atoms with Crippen LogP contribution in [0.4, 0.5) is 11.4 Å². The second-order valence-electron chi connectivity index (χ2n) is 8.03. The van der Waals surface area contributed by atoms with Crippen molar-refractivity contribution in [3.8, 4) is 5.75 Å². The van der Waals surface area contributed by atoms with Gasteiger partial charge in [-0.15, -0.1) is 0 Å². The van der Waals surface area contributed by atoms with Crippen LogP contribution in [-0.2, 0) is 26.2 Å². The minimum Gasteiger partial charge on any atom is -0.491 e. The molecule has 0 atom stereocenters. The van der Waals surface area contributed by atoms with Gasteiger partial charge in [0.15, 0.2) is 0 Å². The van der Waals surface area contributed by atoms with Crippen molar-refractivity contribution in [3.05, 3.63) is 54.1 Å². The zero-order valence-electron chi connectivity index (χ0n) is 18.6. The minimum atomic E-state index is -3.67. The van der Waals surface area contributed by atoms with Crippen LogP contribution in [0.5, 0.6) is 5.75 Å². The van der Waals surface area contributed by atoms with Crippen LogP contribution in [0.25, 0.3) is 0 Å². The summed E-state index contributed by atoms with van der Waals surface area (Å²) in [5.74, 6) is 0.290. The number of nitrogens with zero attached hydrogens (tertiary/aromatic N) is 2. The molecule has 2 aromatic rings. The highest BCUT2D eigenvalue weighted by molar-refractivity contribution is 7.92. The highest BCUT2D eigenvalue weighted by Crippen LogP contribution is 2.23. The molecule has 0 bridgehead atoms. The molecule has 2 aromatic carbocycles. The minimum absolute atomic E-state index is 0.000250. The van der Waals surface area contributed by atoms with Gasteiger partial charge < -0.3 is 15.0 Å². The topological polar surface area (TPSA) is 96.0 Å². The lowest BCUT2D eigenvalue weighted by Gasteiger charge is -2.22. The quantitative estimate of drug-likeness (QED) is 0.622. The number of amides is 2. The molecule has 0 spiro atoms. The third-order valence-corrected chi connectivity index (χ3v) is 6.11. The summed E-state index contributed by atoms with van der Waals surface area (Å²) in [6, 6.07) is 14.0. The van der Waals surface area contributed by atoms with Crippen molar-refractivity contribution in [1.82, 2.24) is 5.32 Å². The Bertz CT molecular complexity index is 1070. The summed E-state index contributed by atoms with van der Waals surface area (Å²) in [5.41, 5.74) is 2.02. The fraction of sp³-hybridized carbons (Fsp3) is 0.391. The van der Waals surface area contributed by atoms with E-state index < -0.39 is 15.9 Å². The van der Waals surface area contributed by atoms with Gasteiger partial charge in [-0.3, -0.25) is 13.9 Å². The largest absolute Gasteiger partial charge is 0.491 e. The molecule has 1 aliphatic rings. The number of hydrogen-bond acceptors (Lipinski definition) is 5. The molecule has 0 aromatic heterocycles. The Morgan fingerprint density at radius 3 is 2.50 bits per heavy atom. The van der Waals surface area contributed by atoms with Gasteiger partial charge in [-0.1, -0.05) is 12.1 Å². The number of nitrogens with one attached hydrogen (secondary N) is 1. The molecule has 0 aliphatic carbocycles. The Balaban J connectivity index is 1.64. The number of rotatable bonds is 9. The molecule has 0 radical (unpaired) electrons. The third-order valence-electron chi connectivity index (χ3n) is 4.97. The molecule has 1 N–H and O–H groups in total. The Labute approximate surface area is 189 Å². The van der Waals surface area contributed by atoms with Crippen LogP contribution < -0.4 is 19.3 Å². The van der Waals surface area contributed by atoms with E-state index in [1.807, 2.05) is 38.1 Å². The normalized spacial score (nSPS) is 14.0. The lowest BCUT2D eigenvalue weighted by Crippen LogP contribution is -2.40. The van der Waals surface area contributed by atoms with Gasteiger partial charge in [0.25, 0.3) is 0 Å². The smallest absolute Gasteiger partial charge is 0.241 e. The van der Waals surface area contributed by atoms with Crippen LogP contribution in [-0.4, -0.2) is 45.7 Å². The fourth-order valence-corrected chi connectivity index (χ4v) is 4.36. The van der Waals surface area contributed by atoms with Gasteiger partial charge in [0, 0.05) is 25.2 Å². The van der Waals surface area contributed by atoms with Gasteiger partial charge >= 0.3 is 0 Å². The summed E-state index contributed by atoms with van der Waals surface area (Å²) in [6.45, 7) is 4.39. The molecule has 9 heteroatoms. The molecule has 1 fully saturated rings. The van der Waals surface area contributed by atoms with E-state index in [9.17, 15) is 18.0 Å². The molecule has 32 heavy (non-hydrogen) atoms. The Hall–Kier alpha value is -3.07. The van der Waals surface area contributed by atoms with Crippen molar-refractivity contribution in [1.29, 1.82) is 0 Å². The molecular formula is C23H29N3O5S. The van der Waals surface area contributed by atoms with Gasteiger partial charge in [0.05, 0.1) is 18.0 Å². The summed E-state index contributed by atoms with van der Waals surface area (Å²) in [4.78, 5) is 26.2. The molecule has 3 rings (SSSR count). The summed E-state index contributed by atoms with van der Waals surface area (Å²) in [6.07, 6.45) is 2.45. The predicted octanol–water partition coefficient (Wildman–Crippen LogP) is 2.68. The van der Waals surface area contributed by atoms with E-state index >= 15 is 0 Å².